The molecule has 2 heterocycles. The van der Waals surface area contributed by atoms with E-state index in [1.54, 1.807) is 0 Å². The Kier molecular flexibility index (Phi) is 8.64. The molecule has 4 rings (SSSR count). The number of Topliss-reactive ketones (excluding diaryl/α,β-unsaturated/α-hetero) is 1. The molecule has 0 unspecified atom stereocenters. The number of ketones is 1. The van der Waals surface area contributed by atoms with Gasteiger partial charge < -0.3 is 15.1 Å². The molecule has 2 aromatic carbocycles. The highest BCUT2D eigenvalue weighted by atomic mass is 32.1. The van der Waals surface area contributed by atoms with Gasteiger partial charge in [-0.3, -0.25) is 14.3 Å². The summed E-state index contributed by atoms with van der Waals surface area (Å²) in [6.07, 6.45) is 2.12. The lowest BCUT2D eigenvalue weighted by Gasteiger charge is -2.20. The number of rotatable bonds is 11. The van der Waals surface area contributed by atoms with E-state index in [4.69, 9.17) is 4.74 Å². The third-order valence-electron chi connectivity index (χ3n) is 5.51. The van der Waals surface area contributed by atoms with Crippen molar-refractivity contribution < 1.29 is 23.3 Å². The van der Waals surface area contributed by atoms with E-state index in [9.17, 15) is 23.4 Å². The number of nitrogens with one attached hydrogen (secondary N) is 1. The van der Waals surface area contributed by atoms with Gasteiger partial charge in [-0.1, -0.05) is 54.7 Å². The largest absolute Gasteiger partial charge is 0.483 e. The Bertz CT molecular complexity index is 1490. The van der Waals surface area contributed by atoms with Crippen LogP contribution in [0, 0.1) is 11.6 Å². The number of carbonyl (C=O) groups excluding carboxylic acids is 1. The van der Waals surface area contributed by atoms with E-state index in [0.717, 1.165) is 29.0 Å². The van der Waals surface area contributed by atoms with Gasteiger partial charge in [0.25, 0.3) is 0 Å². The number of ether oxygens (including phenoxy) is 1. The average molecular weight is 538 g/mol. The van der Waals surface area contributed by atoms with Gasteiger partial charge in [-0.2, -0.15) is 0 Å². The summed E-state index contributed by atoms with van der Waals surface area (Å²) in [6, 6.07) is 12.4. The maximum atomic E-state index is 14.1. The van der Waals surface area contributed by atoms with Gasteiger partial charge in [-0.15, -0.1) is 10.2 Å². The molecule has 0 aliphatic carbocycles. The first-order valence-corrected chi connectivity index (χ1v) is 12.8. The first-order chi connectivity index (χ1) is 18.3. The SMILES string of the molecule is CCCC(=O)c1c(OCc2ccccc2)c(=O)c(-c2nnc(Cc3ccc(F)cc3F)s2)cn1NB(C)O. The van der Waals surface area contributed by atoms with Crippen LogP contribution < -0.4 is 15.5 Å². The number of nitrogens with zero attached hydrogens (tertiary/aromatic N) is 3. The van der Waals surface area contributed by atoms with E-state index in [1.165, 1.54) is 23.8 Å². The lowest BCUT2D eigenvalue weighted by molar-refractivity contribution is 0.0968. The third kappa shape index (κ3) is 6.32. The molecule has 0 bridgehead atoms. The van der Waals surface area contributed by atoms with Crippen LogP contribution in [0.4, 0.5) is 8.78 Å². The predicted molar refractivity (Wildman–Crippen MR) is 142 cm³/mol. The predicted octanol–water partition coefficient (Wildman–Crippen LogP) is 4.45. The number of hydrogen-bond donors (Lipinski definition) is 2. The normalized spacial score (nSPS) is 10.9. The van der Waals surface area contributed by atoms with E-state index < -0.39 is 24.1 Å². The van der Waals surface area contributed by atoms with Crippen molar-refractivity contribution in [3.8, 4) is 16.3 Å². The number of hydrogen-bond acceptors (Lipinski definition) is 8. The summed E-state index contributed by atoms with van der Waals surface area (Å²) in [7, 11) is -1.06. The number of pyridine rings is 1. The molecule has 12 heteroatoms. The first-order valence-electron chi connectivity index (χ1n) is 12.0. The summed E-state index contributed by atoms with van der Waals surface area (Å²) >= 11 is 1.06. The quantitative estimate of drug-likeness (QED) is 0.215. The Morgan fingerprint density at radius 2 is 1.95 bits per heavy atom. The van der Waals surface area contributed by atoms with Gasteiger partial charge in [-0.25, -0.2) is 8.78 Å². The summed E-state index contributed by atoms with van der Waals surface area (Å²) in [6.45, 7) is 3.34. The van der Waals surface area contributed by atoms with Crippen molar-refractivity contribution in [3.63, 3.8) is 0 Å². The van der Waals surface area contributed by atoms with E-state index >= 15 is 0 Å². The number of benzene rings is 2. The maximum Gasteiger partial charge on any atom is 0.422 e. The monoisotopic (exact) mass is 538 g/mol. The van der Waals surface area contributed by atoms with Gasteiger partial charge >= 0.3 is 7.05 Å². The molecule has 0 spiro atoms. The number of halogens is 2. The molecule has 0 saturated heterocycles. The van der Waals surface area contributed by atoms with E-state index in [0.29, 0.717) is 11.4 Å². The van der Waals surface area contributed by atoms with Gasteiger partial charge in [0.2, 0.25) is 5.43 Å². The van der Waals surface area contributed by atoms with Crippen LogP contribution in [0.2, 0.25) is 6.82 Å². The zero-order valence-corrected chi connectivity index (χ0v) is 21.6. The maximum absolute atomic E-state index is 14.1. The third-order valence-corrected chi connectivity index (χ3v) is 6.47. The van der Waals surface area contributed by atoms with Crippen LogP contribution in [0.15, 0.2) is 59.5 Å². The Hall–Kier alpha value is -3.90. The lowest BCUT2D eigenvalue weighted by atomic mass is 9.91. The molecule has 38 heavy (non-hydrogen) atoms. The molecule has 0 aliphatic heterocycles. The average Bonchev–Trinajstić information content (AvgIpc) is 3.34. The molecular formula is C26H25BF2N4O4S. The second-order valence-electron chi connectivity index (χ2n) is 8.59. The lowest BCUT2D eigenvalue weighted by Crippen LogP contribution is -2.34. The Balaban J connectivity index is 1.78. The summed E-state index contributed by atoms with van der Waals surface area (Å²) in [5.41, 5.74) is 0.517. The standard InChI is InChI=1S/C26H25BF2N4O4S/c1-3-7-21(34)23-25(37-15-16-8-5-4-6-9-16)24(35)19(14-33(23)32-27(2)36)26-31-30-22(38-26)12-17-10-11-18(28)13-20(17)29/h4-6,8-11,13-14,32,36H,3,7,12,15H2,1-2H3. The molecular weight excluding hydrogens is 513 g/mol. The fraction of sp³-hybridized carbons (Fsp3) is 0.231. The summed E-state index contributed by atoms with van der Waals surface area (Å²) in [4.78, 5) is 26.8. The minimum absolute atomic E-state index is 0.0180. The molecule has 196 valence electrons. The van der Waals surface area contributed by atoms with Crippen molar-refractivity contribution in [3.05, 3.63) is 98.4 Å². The molecule has 0 radical (unpaired) electrons. The molecule has 2 aromatic heterocycles. The van der Waals surface area contributed by atoms with Crippen LogP contribution in [0.25, 0.3) is 10.6 Å². The van der Waals surface area contributed by atoms with Crippen LogP contribution in [0.5, 0.6) is 5.75 Å². The van der Waals surface area contributed by atoms with Crippen LogP contribution in [0.1, 0.15) is 46.4 Å². The zero-order valence-electron chi connectivity index (χ0n) is 20.8. The molecule has 0 saturated carbocycles. The van der Waals surface area contributed by atoms with Crippen molar-refractivity contribution in [2.45, 2.75) is 39.6 Å². The topological polar surface area (TPSA) is 106 Å². The molecule has 8 nitrogen and oxygen atoms in total. The van der Waals surface area contributed by atoms with E-state index in [-0.39, 0.29) is 52.8 Å². The van der Waals surface area contributed by atoms with Crippen molar-refractivity contribution in [1.29, 1.82) is 0 Å². The van der Waals surface area contributed by atoms with Gasteiger partial charge in [0.05, 0.1) is 5.56 Å². The fourth-order valence-corrected chi connectivity index (χ4v) is 4.65. The summed E-state index contributed by atoms with van der Waals surface area (Å²) < 4.78 is 34.6. The van der Waals surface area contributed by atoms with Gasteiger partial charge in [0.15, 0.2) is 16.5 Å². The van der Waals surface area contributed by atoms with Crippen LogP contribution >= 0.6 is 11.3 Å². The zero-order chi connectivity index (χ0) is 27.2. The van der Waals surface area contributed by atoms with Gasteiger partial charge in [0, 0.05) is 25.1 Å². The minimum atomic E-state index is -1.06. The molecule has 0 atom stereocenters. The Morgan fingerprint density at radius 3 is 2.63 bits per heavy atom. The highest BCUT2D eigenvalue weighted by Crippen LogP contribution is 2.27. The molecule has 4 aromatic rings. The molecule has 0 fully saturated rings. The molecule has 0 aliphatic rings. The first kappa shape index (κ1) is 27.1. The highest BCUT2D eigenvalue weighted by Gasteiger charge is 2.26. The van der Waals surface area contributed by atoms with Gasteiger partial charge in [0.1, 0.15) is 28.9 Å². The number of aromatic nitrogens is 3. The second kappa shape index (κ2) is 12.1. The fourth-order valence-electron chi connectivity index (χ4n) is 3.78. The van der Waals surface area contributed by atoms with Crippen LogP contribution in [-0.4, -0.2) is 32.7 Å². The Morgan fingerprint density at radius 1 is 1.18 bits per heavy atom. The van der Waals surface area contributed by atoms with Crippen molar-refractivity contribution >= 4 is 24.2 Å². The smallest absolute Gasteiger partial charge is 0.422 e. The molecule has 0 amide bonds. The van der Waals surface area contributed by atoms with E-state index in [1.807, 2.05) is 37.3 Å². The van der Waals surface area contributed by atoms with Gasteiger partial charge in [-0.05, 0) is 30.4 Å². The summed E-state index contributed by atoms with van der Waals surface area (Å²) in [5, 5.41) is 21.6. The van der Waals surface area contributed by atoms with E-state index in [2.05, 4.69) is 15.5 Å². The highest BCUT2D eigenvalue weighted by molar-refractivity contribution is 7.14. The number of carbonyl (C=O) groups is 1. The Labute approximate surface area is 222 Å². The van der Waals surface area contributed by atoms with Crippen molar-refractivity contribution in [2.75, 3.05) is 5.34 Å². The summed E-state index contributed by atoms with van der Waals surface area (Å²) in [5.74, 6) is -1.91. The van der Waals surface area contributed by atoms with Crippen molar-refractivity contribution in [1.82, 2.24) is 14.9 Å². The van der Waals surface area contributed by atoms with Crippen LogP contribution in [-0.2, 0) is 13.0 Å². The van der Waals surface area contributed by atoms with Crippen molar-refractivity contribution in [2.24, 2.45) is 0 Å². The minimum Gasteiger partial charge on any atom is -0.483 e. The molecule has 2 N–H and O–H groups in total. The van der Waals surface area contributed by atoms with Crippen LogP contribution in [0.3, 0.4) is 0 Å². The second-order valence-corrected chi connectivity index (χ2v) is 9.65.